The number of benzene rings is 1. The van der Waals surface area contributed by atoms with Crippen LogP contribution in [0.1, 0.15) is 26.3 Å². The van der Waals surface area contributed by atoms with Crippen molar-refractivity contribution in [2.24, 2.45) is 0 Å². The number of carbonyl (C=O) groups is 1. The highest BCUT2D eigenvalue weighted by atomic mass is 32.2. The van der Waals surface area contributed by atoms with E-state index in [9.17, 15) is 13.2 Å². The summed E-state index contributed by atoms with van der Waals surface area (Å²) in [7, 11) is -3.50. The zero-order valence-corrected chi connectivity index (χ0v) is 15.9. The van der Waals surface area contributed by atoms with E-state index in [0.717, 1.165) is 5.56 Å². The van der Waals surface area contributed by atoms with Gasteiger partial charge in [0.1, 0.15) is 9.96 Å². The fraction of sp³-hybridized carbons (Fsp3) is 0.353. The first-order valence-electron chi connectivity index (χ1n) is 7.67. The van der Waals surface area contributed by atoms with Crippen LogP contribution >= 0.6 is 11.3 Å². The van der Waals surface area contributed by atoms with Crippen LogP contribution in [0.15, 0.2) is 46.0 Å². The lowest BCUT2D eigenvalue weighted by Gasteiger charge is -2.21. The maximum Gasteiger partial charge on any atom is 0.347 e. The molecule has 2 rings (SSSR count). The summed E-state index contributed by atoms with van der Waals surface area (Å²) in [5.74, 6) is -0.601. The molecule has 1 atom stereocenters. The van der Waals surface area contributed by atoms with Crippen molar-refractivity contribution < 1.29 is 23.1 Å². The zero-order chi connectivity index (χ0) is 18.7. The molecule has 25 heavy (non-hydrogen) atoms. The van der Waals surface area contributed by atoms with Crippen LogP contribution in [0, 0.1) is 0 Å². The molecule has 0 saturated carbocycles. The van der Waals surface area contributed by atoms with Crippen LogP contribution < -0.4 is 9.46 Å². The summed E-state index contributed by atoms with van der Waals surface area (Å²) in [6, 6.07) is 9.93. The molecule has 0 amide bonds. The van der Waals surface area contributed by atoms with Gasteiger partial charge in [-0.3, -0.25) is 0 Å². The van der Waals surface area contributed by atoms with Gasteiger partial charge in [0.25, 0.3) is 0 Å². The molecule has 2 aromatic rings. The molecule has 0 fully saturated rings. The number of nitrogens with one attached hydrogen (secondary N) is 1. The van der Waals surface area contributed by atoms with Gasteiger partial charge in [0.05, 0.1) is 0 Å². The molecule has 0 saturated heterocycles. The fourth-order valence-corrected chi connectivity index (χ4v) is 4.42. The van der Waals surface area contributed by atoms with Crippen LogP contribution in [0.25, 0.3) is 0 Å². The Kier molecular flexibility index (Phi) is 5.87. The van der Waals surface area contributed by atoms with E-state index >= 15 is 0 Å². The molecule has 136 valence electrons. The highest BCUT2D eigenvalue weighted by Gasteiger charge is 2.29. The molecular formula is C17H21NO5S2. The average Bonchev–Trinajstić information content (AvgIpc) is 3.03. The van der Waals surface area contributed by atoms with Crippen LogP contribution in [0.3, 0.4) is 0 Å². The summed E-state index contributed by atoms with van der Waals surface area (Å²) in [6.45, 7) is 4.75. The van der Waals surface area contributed by atoms with Crippen molar-refractivity contribution in [1.29, 1.82) is 0 Å². The predicted octanol–water partition coefficient (Wildman–Crippen LogP) is 2.90. The molecule has 0 bridgehead atoms. The third kappa shape index (κ3) is 5.29. The Morgan fingerprint density at radius 2 is 1.92 bits per heavy atom. The lowest BCUT2D eigenvalue weighted by Crippen LogP contribution is -2.37. The second-order valence-electron chi connectivity index (χ2n) is 6.22. The summed E-state index contributed by atoms with van der Waals surface area (Å²) in [5.41, 5.74) is -0.396. The van der Waals surface area contributed by atoms with Crippen LogP contribution in [-0.2, 0) is 21.2 Å². The molecule has 6 nitrogen and oxygen atoms in total. The monoisotopic (exact) mass is 383 g/mol. The van der Waals surface area contributed by atoms with Gasteiger partial charge in [-0.15, -0.1) is 11.3 Å². The van der Waals surface area contributed by atoms with E-state index in [-0.39, 0.29) is 6.04 Å². The minimum absolute atomic E-state index is 0.283. The maximum atomic E-state index is 12.2. The van der Waals surface area contributed by atoms with Crippen molar-refractivity contribution in [3.63, 3.8) is 0 Å². The highest BCUT2D eigenvalue weighted by molar-refractivity contribution is 7.91. The van der Waals surface area contributed by atoms with Gasteiger partial charge < -0.3 is 9.84 Å². The van der Waals surface area contributed by atoms with E-state index in [1.54, 1.807) is 48.7 Å². The predicted molar refractivity (Wildman–Crippen MR) is 96.6 cm³/mol. The van der Waals surface area contributed by atoms with Gasteiger partial charge in [0, 0.05) is 6.04 Å². The van der Waals surface area contributed by atoms with Crippen molar-refractivity contribution in [1.82, 2.24) is 4.72 Å². The molecule has 0 aliphatic rings. The Hall–Kier alpha value is -1.90. The molecule has 1 aromatic heterocycles. The summed E-state index contributed by atoms with van der Waals surface area (Å²) in [4.78, 5) is 11.1. The Labute approximate surface area is 151 Å². The summed E-state index contributed by atoms with van der Waals surface area (Å²) in [6.07, 6.45) is 0.507. The van der Waals surface area contributed by atoms with Gasteiger partial charge in [-0.2, -0.15) is 0 Å². The smallest absolute Gasteiger partial charge is 0.347 e. The second-order valence-corrected chi connectivity index (χ2v) is 9.11. The summed E-state index contributed by atoms with van der Waals surface area (Å²) >= 11 is 1.17. The molecule has 8 heteroatoms. The standard InChI is InChI=1S/C17H21NO5S2/c1-12(18-25(21,22)15-5-4-10-24-15)11-13-6-8-14(9-7-13)23-17(2,3)16(19)20/h4-10,12,18H,11H2,1-3H3,(H,19,20). The Balaban J connectivity index is 1.98. The van der Waals surface area contributed by atoms with Gasteiger partial charge in [-0.05, 0) is 56.3 Å². The van der Waals surface area contributed by atoms with E-state index in [1.807, 2.05) is 0 Å². The normalized spacial score (nSPS) is 13.4. The lowest BCUT2D eigenvalue weighted by molar-refractivity contribution is -0.152. The van der Waals surface area contributed by atoms with Crippen LogP contribution in [0.5, 0.6) is 5.75 Å². The number of hydrogen-bond donors (Lipinski definition) is 2. The molecule has 2 N–H and O–H groups in total. The van der Waals surface area contributed by atoms with Crippen molar-refractivity contribution in [3.05, 3.63) is 47.3 Å². The van der Waals surface area contributed by atoms with Crippen LogP contribution in [-0.4, -0.2) is 31.1 Å². The molecule has 0 aliphatic heterocycles. The SMILES string of the molecule is CC(Cc1ccc(OC(C)(C)C(=O)O)cc1)NS(=O)(=O)c1cccs1. The molecule has 1 heterocycles. The average molecular weight is 383 g/mol. The number of aliphatic carboxylic acids is 1. The van der Waals surface area contributed by atoms with E-state index in [1.165, 1.54) is 25.2 Å². The fourth-order valence-electron chi connectivity index (χ4n) is 2.17. The molecule has 1 aromatic carbocycles. The topological polar surface area (TPSA) is 92.7 Å². The molecule has 1 unspecified atom stereocenters. The van der Waals surface area contributed by atoms with Gasteiger partial charge in [-0.1, -0.05) is 18.2 Å². The van der Waals surface area contributed by atoms with Gasteiger partial charge in [0.15, 0.2) is 5.60 Å². The number of ether oxygens (including phenoxy) is 1. The van der Waals surface area contributed by atoms with Crippen molar-refractivity contribution >= 4 is 27.3 Å². The number of hydrogen-bond acceptors (Lipinski definition) is 5. The third-order valence-electron chi connectivity index (χ3n) is 3.47. The van der Waals surface area contributed by atoms with Gasteiger partial charge in [0.2, 0.25) is 10.0 Å². The molecule has 0 aliphatic carbocycles. The first-order chi connectivity index (χ1) is 11.6. The van der Waals surface area contributed by atoms with Crippen LogP contribution in [0.2, 0.25) is 0 Å². The van der Waals surface area contributed by atoms with E-state index in [4.69, 9.17) is 9.84 Å². The number of carboxylic acid groups (broad SMARTS) is 1. The minimum atomic E-state index is -3.50. The number of thiophene rings is 1. The molecule has 0 radical (unpaired) electrons. The van der Waals surface area contributed by atoms with Gasteiger partial charge in [-0.25, -0.2) is 17.9 Å². The van der Waals surface area contributed by atoms with Crippen LogP contribution in [0.4, 0.5) is 0 Å². The maximum absolute atomic E-state index is 12.2. The second kappa shape index (κ2) is 7.55. The number of carboxylic acids is 1. The van der Waals surface area contributed by atoms with E-state index in [2.05, 4.69) is 4.72 Å². The first-order valence-corrected chi connectivity index (χ1v) is 10.0. The third-order valence-corrected chi connectivity index (χ3v) is 6.46. The Bertz CT molecular complexity index is 811. The van der Waals surface area contributed by atoms with E-state index in [0.29, 0.717) is 16.4 Å². The zero-order valence-electron chi connectivity index (χ0n) is 14.2. The summed E-state index contributed by atoms with van der Waals surface area (Å²) in [5, 5.41) is 10.8. The number of sulfonamides is 1. The van der Waals surface area contributed by atoms with Gasteiger partial charge >= 0.3 is 5.97 Å². The Morgan fingerprint density at radius 1 is 1.28 bits per heavy atom. The van der Waals surface area contributed by atoms with Crippen molar-refractivity contribution in [2.75, 3.05) is 0 Å². The van der Waals surface area contributed by atoms with E-state index < -0.39 is 21.6 Å². The van der Waals surface area contributed by atoms with Crippen molar-refractivity contribution in [3.8, 4) is 5.75 Å². The Morgan fingerprint density at radius 3 is 2.44 bits per heavy atom. The lowest BCUT2D eigenvalue weighted by atomic mass is 10.1. The quantitative estimate of drug-likeness (QED) is 0.731. The van der Waals surface area contributed by atoms with Crippen molar-refractivity contribution in [2.45, 2.75) is 43.0 Å². The summed E-state index contributed by atoms with van der Waals surface area (Å²) < 4.78 is 32.8. The minimum Gasteiger partial charge on any atom is -0.478 e. The highest BCUT2D eigenvalue weighted by Crippen LogP contribution is 2.20. The molecule has 0 spiro atoms. The largest absolute Gasteiger partial charge is 0.478 e. The molecular weight excluding hydrogens is 362 g/mol. The number of rotatable bonds is 8. The first kappa shape index (κ1) is 19.4.